The van der Waals surface area contributed by atoms with Crippen LogP contribution in [0.4, 0.5) is 0 Å². The summed E-state index contributed by atoms with van der Waals surface area (Å²) in [6.07, 6.45) is 27.6. The molecular formula is C37H58O. The highest BCUT2D eigenvalue weighted by atomic mass is 16.1. The van der Waals surface area contributed by atoms with Crippen molar-refractivity contribution in [2.75, 3.05) is 0 Å². The molecule has 0 aromatic heterocycles. The van der Waals surface area contributed by atoms with E-state index in [4.69, 9.17) is 0 Å². The largest absolute Gasteiger partial charge is 0.295 e. The van der Waals surface area contributed by atoms with Gasteiger partial charge in [-0.3, -0.25) is 4.79 Å². The Morgan fingerprint density at radius 2 is 1.47 bits per heavy atom. The smallest absolute Gasteiger partial charge is 0.159 e. The minimum absolute atomic E-state index is 0.289. The first-order valence-corrected chi connectivity index (χ1v) is 16.9. The van der Waals surface area contributed by atoms with Gasteiger partial charge in [0.15, 0.2) is 5.78 Å². The van der Waals surface area contributed by atoms with Crippen LogP contribution in [0.25, 0.3) is 5.57 Å². The van der Waals surface area contributed by atoms with Gasteiger partial charge in [-0.1, -0.05) is 109 Å². The standard InChI is InChI=1S/C37H58O/c1-4-6-7-8-9-10-13-29-16-20-32(21-17-29)36-25-24-33(27-37(36)38)35-15-12-11-14-34(35)31-22-18-30(19-23-31)26-28(3)5-2/h11-12,14-15,27-32,36H,4-10,13,16-26H2,1-3H3. The number of unbranched alkanes of at least 4 members (excludes halogenated alkanes) is 5. The zero-order valence-corrected chi connectivity index (χ0v) is 25.2. The van der Waals surface area contributed by atoms with Crippen LogP contribution in [0.15, 0.2) is 30.3 Å². The van der Waals surface area contributed by atoms with Gasteiger partial charge in [-0.05, 0) is 110 Å². The van der Waals surface area contributed by atoms with Gasteiger partial charge < -0.3 is 0 Å². The second-order valence-corrected chi connectivity index (χ2v) is 13.6. The van der Waals surface area contributed by atoms with E-state index in [1.807, 2.05) is 0 Å². The molecule has 0 heterocycles. The van der Waals surface area contributed by atoms with E-state index in [9.17, 15) is 4.79 Å². The Bertz CT molecular complexity index is 864. The van der Waals surface area contributed by atoms with Crippen molar-refractivity contribution >= 4 is 11.4 Å². The Hall–Kier alpha value is -1.37. The zero-order valence-electron chi connectivity index (χ0n) is 25.2. The summed E-state index contributed by atoms with van der Waals surface area (Å²) >= 11 is 0. The van der Waals surface area contributed by atoms with E-state index in [1.165, 1.54) is 126 Å². The molecule has 0 spiro atoms. The average molecular weight is 519 g/mol. The molecule has 1 aromatic rings. The van der Waals surface area contributed by atoms with E-state index in [0.29, 0.717) is 17.6 Å². The first kappa shape index (κ1) is 29.6. The first-order valence-electron chi connectivity index (χ1n) is 16.9. The van der Waals surface area contributed by atoms with E-state index in [0.717, 1.165) is 30.6 Å². The molecule has 0 radical (unpaired) electrons. The number of benzene rings is 1. The molecule has 2 atom stereocenters. The van der Waals surface area contributed by atoms with Crippen molar-refractivity contribution in [2.45, 2.75) is 149 Å². The van der Waals surface area contributed by atoms with Crippen LogP contribution in [-0.2, 0) is 4.79 Å². The van der Waals surface area contributed by atoms with E-state index >= 15 is 0 Å². The molecule has 1 heteroatoms. The summed E-state index contributed by atoms with van der Waals surface area (Å²) < 4.78 is 0. The Morgan fingerprint density at radius 1 is 0.789 bits per heavy atom. The van der Waals surface area contributed by atoms with Crippen molar-refractivity contribution in [2.24, 2.45) is 29.6 Å². The van der Waals surface area contributed by atoms with Crippen molar-refractivity contribution in [3.63, 3.8) is 0 Å². The number of carbonyl (C=O) groups is 1. The van der Waals surface area contributed by atoms with Crippen LogP contribution in [0.2, 0.25) is 0 Å². The lowest BCUT2D eigenvalue weighted by Gasteiger charge is -2.35. The molecule has 0 bridgehead atoms. The van der Waals surface area contributed by atoms with Gasteiger partial charge in [-0.2, -0.15) is 0 Å². The third-order valence-corrected chi connectivity index (χ3v) is 10.9. The fourth-order valence-electron chi connectivity index (χ4n) is 8.17. The summed E-state index contributed by atoms with van der Waals surface area (Å²) in [5.74, 6) is 4.76. The van der Waals surface area contributed by atoms with Crippen molar-refractivity contribution in [3.05, 3.63) is 41.5 Å². The summed E-state index contributed by atoms with van der Waals surface area (Å²) in [7, 11) is 0. The fourth-order valence-corrected chi connectivity index (χ4v) is 8.17. The lowest BCUT2D eigenvalue weighted by Crippen LogP contribution is -2.29. The highest BCUT2D eigenvalue weighted by Crippen LogP contribution is 2.44. The van der Waals surface area contributed by atoms with Crippen molar-refractivity contribution in [3.8, 4) is 0 Å². The zero-order chi connectivity index (χ0) is 26.7. The van der Waals surface area contributed by atoms with Crippen LogP contribution in [0.3, 0.4) is 0 Å². The number of rotatable bonds is 13. The first-order chi connectivity index (χ1) is 18.6. The minimum atomic E-state index is 0.289. The number of hydrogen-bond donors (Lipinski definition) is 0. The third kappa shape index (κ3) is 8.32. The van der Waals surface area contributed by atoms with Crippen LogP contribution < -0.4 is 0 Å². The molecule has 2 unspecified atom stereocenters. The monoisotopic (exact) mass is 518 g/mol. The fraction of sp³-hybridized carbons (Fsp3) is 0.757. The summed E-state index contributed by atoms with van der Waals surface area (Å²) in [6, 6.07) is 9.10. The van der Waals surface area contributed by atoms with Gasteiger partial charge in [0, 0.05) is 5.92 Å². The second kappa shape index (κ2) is 15.4. The molecule has 0 N–H and O–H groups in total. The molecule has 1 nitrogen and oxygen atoms in total. The molecule has 3 aliphatic rings. The SMILES string of the molecule is CCCCCCCCC1CCC(C2CCC(c3ccccc3C3CCC(CC(C)CC)CC3)=CC2=O)CC1. The Morgan fingerprint density at radius 3 is 2.18 bits per heavy atom. The maximum atomic E-state index is 13.4. The Balaban J connectivity index is 1.27. The molecule has 2 fully saturated rings. The number of ketones is 1. The normalized spacial score (nSPS) is 29.2. The quantitative estimate of drug-likeness (QED) is 0.237. The van der Waals surface area contributed by atoms with Gasteiger partial charge in [0.2, 0.25) is 0 Å². The van der Waals surface area contributed by atoms with Crippen molar-refractivity contribution in [1.29, 1.82) is 0 Å². The maximum Gasteiger partial charge on any atom is 0.159 e. The van der Waals surface area contributed by atoms with Crippen LogP contribution in [0, 0.1) is 29.6 Å². The molecule has 2 saturated carbocycles. The lowest BCUT2D eigenvalue weighted by molar-refractivity contribution is -0.120. The third-order valence-electron chi connectivity index (χ3n) is 10.9. The summed E-state index contributed by atoms with van der Waals surface area (Å²) in [5, 5.41) is 0. The summed E-state index contributed by atoms with van der Waals surface area (Å²) in [4.78, 5) is 13.4. The second-order valence-electron chi connectivity index (χ2n) is 13.6. The minimum Gasteiger partial charge on any atom is -0.295 e. The molecule has 212 valence electrons. The van der Waals surface area contributed by atoms with E-state index in [-0.39, 0.29) is 5.92 Å². The molecule has 0 amide bonds. The molecule has 0 saturated heterocycles. The van der Waals surface area contributed by atoms with Crippen LogP contribution in [-0.4, -0.2) is 5.78 Å². The average Bonchev–Trinajstić information content (AvgIpc) is 2.95. The highest BCUT2D eigenvalue weighted by Gasteiger charge is 2.34. The molecular weight excluding hydrogens is 460 g/mol. The van der Waals surface area contributed by atoms with Gasteiger partial charge in [0.25, 0.3) is 0 Å². The predicted molar refractivity (Wildman–Crippen MR) is 164 cm³/mol. The van der Waals surface area contributed by atoms with Crippen molar-refractivity contribution in [1.82, 2.24) is 0 Å². The lowest BCUT2D eigenvalue weighted by atomic mass is 9.69. The molecule has 4 rings (SSSR count). The van der Waals surface area contributed by atoms with Gasteiger partial charge >= 0.3 is 0 Å². The van der Waals surface area contributed by atoms with Crippen LogP contribution >= 0.6 is 0 Å². The van der Waals surface area contributed by atoms with Crippen molar-refractivity contribution < 1.29 is 4.79 Å². The summed E-state index contributed by atoms with van der Waals surface area (Å²) in [6.45, 7) is 7.05. The van der Waals surface area contributed by atoms with E-state index in [2.05, 4.69) is 51.1 Å². The highest BCUT2D eigenvalue weighted by molar-refractivity contribution is 6.00. The Labute approximate surface area is 235 Å². The number of hydrogen-bond acceptors (Lipinski definition) is 1. The molecule has 1 aromatic carbocycles. The predicted octanol–water partition coefficient (Wildman–Crippen LogP) is 11.3. The molecule has 0 aliphatic heterocycles. The number of allylic oxidation sites excluding steroid dienone is 2. The van der Waals surface area contributed by atoms with Gasteiger partial charge in [-0.25, -0.2) is 0 Å². The summed E-state index contributed by atoms with van der Waals surface area (Å²) in [5.41, 5.74) is 4.26. The Kier molecular flexibility index (Phi) is 12.0. The maximum absolute atomic E-state index is 13.4. The topological polar surface area (TPSA) is 17.1 Å². The van der Waals surface area contributed by atoms with E-state index < -0.39 is 0 Å². The van der Waals surface area contributed by atoms with Gasteiger partial charge in [0.1, 0.15) is 0 Å². The van der Waals surface area contributed by atoms with Crippen LogP contribution in [0.1, 0.15) is 160 Å². The molecule has 3 aliphatic carbocycles. The van der Waals surface area contributed by atoms with E-state index in [1.54, 1.807) is 0 Å². The van der Waals surface area contributed by atoms with Gasteiger partial charge in [0.05, 0.1) is 0 Å². The number of carbonyl (C=O) groups excluding carboxylic acids is 1. The van der Waals surface area contributed by atoms with Gasteiger partial charge in [-0.15, -0.1) is 0 Å². The van der Waals surface area contributed by atoms with Crippen LogP contribution in [0.5, 0.6) is 0 Å². The molecule has 38 heavy (non-hydrogen) atoms.